The minimum Gasteiger partial charge on any atom is -0.374 e. The van der Waals surface area contributed by atoms with E-state index < -0.39 is 10.1 Å². The average Bonchev–Trinajstić information content (AvgIpc) is 2.36. The Balaban J connectivity index is 2.47. The third-order valence-corrected chi connectivity index (χ3v) is 3.90. The van der Waals surface area contributed by atoms with E-state index in [1.54, 1.807) is 30.3 Å². The Morgan fingerprint density at radius 1 is 1.32 bits per heavy atom. The summed E-state index contributed by atoms with van der Waals surface area (Å²) in [7, 11) is -3.67. The minimum atomic E-state index is -3.67. The zero-order valence-corrected chi connectivity index (χ0v) is 12.2. The number of rotatable bonds is 8. The molecule has 0 fully saturated rings. The van der Waals surface area contributed by atoms with Gasteiger partial charge in [-0.2, -0.15) is 8.42 Å². The molecule has 106 valence electrons. The third-order valence-electron chi connectivity index (χ3n) is 2.57. The van der Waals surface area contributed by atoms with Crippen LogP contribution >= 0.6 is 0 Å². The van der Waals surface area contributed by atoms with Crippen LogP contribution in [0.25, 0.3) is 0 Å². The Morgan fingerprint density at radius 3 is 2.53 bits per heavy atom. The zero-order chi connectivity index (χ0) is 14.3. The van der Waals surface area contributed by atoms with Crippen LogP contribution in [0.4, 0.5) is 0 Å². The second-order valence-electron chi connectivity index (χ2n) is 4.31. The van der Waals surface area contributed by atoms with Gasteiger partial charge in [0.05, 0.1) is 24.2 Å². The van der Waals surface area contributed by atoms with Gasteiger partial charge >= 0.3 is 0 Å². The first-order valence-electron chi connectivity index (χ1n) is 6.14. The fourth-order valence-corrected chi connectivity index (χ4v) is 2.33. The van der Waals surface area contributed by atoms with E-state index in [1.165, 1.54) is 0 Å². The summed E-state index contributed by atoms with van der Waals surface area (Å²) < 4.78 is 34.0. The van der Waals surface area contributed by atoms with Gasteiger partial charge in [0.1, 0.15) is 0 Å². The second-order valence-corrected chi connectivity index (χ2v) is 5.93. The van der Waals surface area contributed by atoms with Gasteiger partial charge in [0.25, 0.3) is 10.1 Å². The molecule has 1 aromatic rings. The smallest absolute Gasteiger partial charge is 0.296 e. The van der Waals surface area contributed by atoms with Crippen molar-refractivity contribution in [2.24, 2.45) is 0 Å². The maximum absolute atomic E-state index is 11.9. The monoisotopic (exact) mass is 284 g/mol. The summed E-state index contributed by atoms with van der Waals surface area (Å²) in [6.07, 6.45) is 2.10. The van der Waals surface area contributed by atoms with Gasteiger partial charge in [-0.05, 0) is 32.4 Å². The van der Waals surface area contributed by atoms with Gasteiger partial charge in [0.2, 0.25) is 0 Å². The van der Waals surface area contributed by atoms with Crippen LogP contribution in [0.15, 0.2) is 41.8 Å². The van der Waals surface area contributed by atoms with Gasteiger partial charge in [-0.25, -0.2) is 0 Å². The van der Waals surface area contributed by atoms with Crippen molar-refractivity contribution in [1.29, 1.82) is 0 Å². The van der Waals surface area contributed by atoms with E-state index in [4.69, 9.17) is 8.92 Å². The van der Waals surface area contributed by atoms with Crippen molar-refractivity contribution in [3.8, 4) is 0 Å². The van der Waals surface area contributed by atoms with Crippen LogP contribution in [0.5, 0.6) is 0 Å². The molecule has 1 rings (SSSR count). The van der Waals surface area contributed by atoms with Crippen molar-refractivity contribution in [2.75, 3.05) is 13.2 Å². The Kier molecular flexibility index (Phi) is 6.21. The topological polar surface area (TPSA) is 52.6 Å². The highest BCUT2D eigenvalue weighted by molar-refractivity contribution is 7.86. The largest absolute Gasteiger partial charge is 0.374 e. The van der Waals surface area contributed by atoms with Gasteiger partial charge < -0.3 is 4.74 Å². The summed E-state index contributed by atoms with van der Waals surface area (Å²) in [6, 6.07) is 6.57. The van der Waals surface area contributed by atoms with Crippen molar-refractivity contribution in [3.63, 3.8) is 0 Å². The predicted molar refractivity (Wildman–Crippen MR) is 74.5 cm³/mol. The summed E-state index contributed by atoms with van der Waals surface area (Å²) in [5.41, 5.74) is 1.00. The van der Waals surface area contributed by atoms with Crippen LogP contribution in [0.3, 0.4) is 0 Å². The lowest BCUT2D eigenvalue weighted by molar-refractivity contribution is 0.0709. The molecule has 1 atom stereocenters. The van der Waals surface area contributed by atoms with Crippen molar-refractivity contribution in [2.45, 2.75) is 31.3 Å². The molecule has 0 saturated heterocycles. The van der Waals surface area contributed by atoms with Crippen LogP contribution < -0.4 is 0 Å². The Morgan fingerprint density at radius 2 is 1.95 bits per heavy atom. The summed E-state index contributed by atoms with van der Waals surface area (Å²) in [5.74, 6) is 0. The van der Waals surface area contributed by atoms with E-state index in [9.17, 15) is 8.42 Å². The van der Waals surface area contributed by atoms with Gasteiger partial charge in [0.15, 0.2) is 0 Å². The number of aryl methyl sites for hydroxylation is 1. The molecule has 19 heavy (non-hydrogen) atoms. The molecule has 0 amide bonds. The molecule has 0 radical (unpaired) electrons. The van der Waals surface area contributed by atoms with Crippen LogP contribution in [0.1, 0.15) is 18.9 Å². The Bertz CT molecular complexity index is 491. The Hall–Kier alpha value is -1.17. The highest BCUT2D eigenvalue weighted by atomic mass is 32.2. The first kappa shape index (κ1) is 15.9. The highest BCUT2D eigenvalue weighted by Crippen LogP contribution is 2.13. The van der Waals surface area contributed by atoms with Gasteiger partial charge in [-0.1, -0.05) is 23.8 Å². The molecule has 0 unspecified atom stereocenters. The summed E-state index contributed by atoms with van der Waals surface area (Å²) in [6.45, 7) is 7.87. The number of hydrogen-bond donors (Lipinski definition) is 0. The lowest BCUT2D eigenvalue weighted by Gasteiger charge is -2.11. The van der Waals surface area contributed by atoms with Crippen LogP contribution in [0, 0.1) is 6.92 Å². The first-order chi connectivity index (χ1) is 8.95. The van der Waals surface area contributed by atoms with Gasteiger partial charge in [-0.3, -0.25) is 4.18 Å². The summed E-state index contributed by atoms with van der Waals surface area (Å²) in [4.78, 5) is 0.178. The lowest BCUT2D eigenvalue weighted by Crippen LogP contribution is -2.14. The van der Waals surface area contributed by atoms with Crippen molar-refractivity contribution in [3.05, 3.63) is 42.5 Å². The molecule has 0 N–H and O–H groups in total. The minimum absolute atomic E-state index is 0.0637. The van der Waals surface area contributed by atoms with Crippen molar-refractivity contribution in [1.82, 2.24) is 0 Å². The van der Waals surface area contributed by atoms with E-state index in [0.29, 0.717) is 13.0 Å². The molecule has 0 bridgehead atoms. The molecule has 0 aliphatic carbocycles. The molecule has 0 spiro atoms. The molecule has 4 nitrogen and oxygen atoms in total. The van der Waals surface area contributed by atoms with Crippen molar-refractivity contribution < 1.29 is 17.3 Å². The average molecular weight is 284 g/mol. The summed E-state index contributed by atoms with van der Waals surface area (Å²) >= 11 is 0. The molecule has 0 aromatic heterocycles. The number of hydrogen-bond acceptors (Lipinski definition) is 4. The maximum Gasteiger partial charge on any atom is 0.296 e. The summed E-state index contributed by atoms with van der Waals surface area (Å²) in [5, 5.41) is 0. The van der Waals surface area contributed by atoms with Crippen LogP contribution in [-0.4, -0.2) is 27.7 Å². The molecule has 0 aliphatic rings. The first-order valence-corrected chi connectivity index (χ1v) is 7.55. The lowest BCUT2D eigenvalue weighted by atomic mass is 10.2. The van der Waals surface area contributed by atoms with Crippen LogP contribution in [-0.2, 0) is 19.0 Å². The van der Waals surface area contributed by atoms with Crippen molar-refractivity contribution >= 4 is 10.1 Å². The fraction of sp³-hybridized carbons (Fsp3) is 0.429. The highest BCUT2D eigenvalue weighted by Gasteiger charge is 2.15. The van der Waals surface area contributed by atoms with E-state index in [1.807, 2.05) is 13.8 Å². The molecular weight excluding hydrogens is 264 g/mol. The number of benzene rings is 1. The number of ether oxygens (including phenoxy) is 1. The maximum atomic E-state index is 11.9. The van der Waals surface area contributed by atoms with Gasteiger partial charge in [-0.15, -0.1) is 6.58 Å². The van der Waals surface area contributed by atoms with E-state index in [-0.39, 0.29) is 17.6 Å². The molecule has 5 heteroatoms. The Labute approximate surface area is 115 Å². The molecule has 0 saturated carbocycles. The van der Waals surface area contributed by atoms with Crippen LogP contribution in [0.2, 0.25) is 0 Å². The molecule has 1 aromatic carbocycles. The second kappa shape index (κ2) is 7.43. The fourth-order valence-electron chi connectivity index (χ4n) is 1.41. The van der Waals surface area contributed by atoms with E-state index >= 15 is 0 Å². The molecular formula is C14H20O4S. The zero-order valence-electron chi connectivity index (χ0n) is 11.3. The standard InChI is InChI=1S/C14H20O4S/c1-4-10-17-13(3)9-11-18-19(15,16)14-7-5-12(2)6-8-14/h4-8,13H,1,9-11H2,2-3H3/t13-/m1/s1. The molecule has 0 heterocycles. The third kappa shape index (κ3) is 5.55. The predicted octanol–water partition coefficient (Wildman–Crippen LogP) is 2.68. The SMILES string of the molecule is C=CCO[C@H](C)CCOS(=O)(=O)c1ccc(C)cc1. The quantitative estimate of drug-likeness (QED) is 0.544. The van der Waals surface area contributed by atoms with E-state index in [2.05, 4.69) is 6.58 Å². The van der Waals surface area contributed by atoms with E-state index in [0.717, 1.165) is 5.56 Å². The van der Waals surface area contributed by atoms with Gasteiger partial charge in [0, 0.05) is 0 Å². The normalized spacial score (nSPS) is 13.2. The molecule has 0 aliphatic heterocycles.